The van der Waals surface area contributed by atoms with Crippen LogP contribution in [0.1, 0.15) is 22.3 Å². The van der Waals surface area contributed by atoms with Gasteiger partial charge in [0.2, 0.25) is 5.67 Å². The van der Waals surface area contributed by atoms with E-state index < -0.39 is 24.1 Å². The smallest absolute Gasteiger partial charge is 0.343 e. The maximum Gasteiger partial charge on any atom is 0.343 e. The number of benzene rings is 1. The van der Waals surface area contributed by atoms with Crippen molar-refractivity contribution in [3.8, 4) is 17.1 Å². The number of hydrogen-bond donors (Lipinski definition) is 2. The number of H-pyrrole nitrogens is 1. The highest BCUT2D eigenvalue weighted by atomic mass is 19.1. The van der Waals surface area contributed by atoms with Gasteiger partial charge in [-0.25, -0.2) is 9.18 Å². The van der Waals surface area contributed by atoms with Crippen LogP contribution in [-0.4, -0.2) is 55.8 Å². The normalized spacial score (nSPS) is 18.4. The Kier molecular flexibility index (Phi) is 5.18. The van der Waals surface area contributed by atoms with Gasteiger partial charge in [0.05, 0.1) is 24.1 Å². The van der Waals surface area contributed by atoms with Crippen molar-refractivity contribution in [2.75, 3.05) is 13.1 Å². The Balaban J connectivity index is 1.39. The van der Waals surface area contributed by atoms with Crippen LogP contribution < -0.4 is 4.74 Å². The van der Waals surface area contributed by atoms with Crippen LogP contribution in [-0.2, 0) is 11.4 Å². The molecule has 0 radical (unpaired) electrons. The number of hydrogen-bond acceptors (Lipinski definition) is 5. The number of carbonyl (C=O) groups excluding carboxylic acids is 1. The molecule has 2 aromatic heterocycles. The molecule has 0 saturated carbocycles. The van der Waals surface area contributed by atoms with Crippen molar-refractivity contribution < 1.29 is 23.8 Å². The number of carbonyl (C=O) groups is 2. The van der Waals surface area contributed by atoms with Gasteiger partial charge in [0.15, 0.2) is 0 Å². The lowest BCUT2D eigenvalue weighted by atomic mass is 10.1. The third kappa shape index (κ3) is 4.00. The molecule has 3 aromatic rings. The highest BCUT2D eigenvalue weighted by Crippen LogP contribution is 2.27. The predicted octanol–water partition coefficient (Wildman–Crippen LogP) is 2.69. The molecule has 2 N–H and O–H groups in total. The largest absolute Gasteiger partial charge is 0.487 e. The standard InChI is InChI=1S/C21H19FN4O4/c22-21(20(28)29)7-9-26(13-21)19(27)15-3-1-2-14(10-15)12-30-16-4-5-17(23-11-16)18-6-8-24-25-18/h1-6,8,10-11H,7,9,12-13H2,(H,24,25)(H,28,29). The van der Waals surface area contributed by atoms with E-state index in [1.54, 1.807) is 36.7 Å². The number of aromatic amines is 1. The Morgan fingerprint density at radius 2 is 2.13 bits per heavy atom. The summed E-state index contributed by atoms with van der Waals surface area (Å²) in [5.41, 5.74) is 0.269. The molecule has 1 aromatic carbocycles. The number of carboxylic acids is 1. The van der Waals surface area contributed by atoms with Crippen molar-refractivity contribution in [1.29, 1.82) is 0 Å². The highest BCUT2D eigenvalue weighted by Gasteiger charge is 2.46. The highest BCUT2D eigenvalue weighted by molar-refractivity contribution is 5.95. The van der Waals surface area contributed by atoms with Crippen molar-refractivity contribution in [2.24, 2.45) is 0 Å². The summed E-state index contributed by atoms with van der Waals surface area (Å²) in [6.07, 6.45) is 3.04. The fraction of sp³-hybridized carbons (Fsp3) is 0.238. The summed E-state index contributed by atoms with van der Waals surface area (Å²) in [7, 11) is 0. The van der Waals surface area contributed by atoms with Crippen LogP contribution in [0.15, 0.2) is 54.9 Å². The number of amides is 1. The molecule has 30 heavy (non-hydrogen) atoms. The van der Waals surface area contributed by atoms with Gasteiger partial charge in [0.1, 0.15) is 12.4 Å². The fourth-order valence-electron chi connectivity index (χ4n) is 3.29. The van der Waals surface area contributed by atoms with Crippen molar-refractivity contribution in [2.45, 2.75) is 18.7 Å². The SMILES string of the molecule is O=C(c1cccc(COc2ccc(-c3ccn[nH]3)nc2)c1)N1CCC(F)(C(=O)O)C1. The predicted molar refractivity (Wildman–Crippen MR) is 105 cm³/mol. The van der Waals surface area contributed by atoms with Gasteiger partial charge in [-0.15, -0.1) is 0 Å². The van der Waals surface area contributed by atoms with Gasteiger partial charge < -0.3 is 14.7 Å². The number of carboxylic acid groups (broad SMARTS) is 1. The van der Waals surface area contributed by atoms with Gasteiger partial charge in [-0.05, 0) is 35.9 Å². The number of nitrogens with zero attached hydrogens (tertiary/aromatic N) is 3. The Bertz CT molecular complexity index is 1060. The van der Waals surface area contributed by atoms with E-state index in [4.69, 9.17) is 9.84 Å². The zero-order valence-corrected chi connectivity index (χ0v) is 15.9. The van der Waals surface area contributed by atoms with Crippen LogP contribution in [0.4, 0.5) is 4.39 Å². The molecule has 1 unspecified atom stereocenters. The topological polar surface area (TPSA) is 108 Å². The average molecular weight is 410 g/mol. The van der Waals surface area contributed by atoms with Gasteiger partial charge >= 0.3 is 5.97 Å². The first-order valence-corrected chi connectivity index (χ1v) is 9.34. The van der Waals surface area contributed by atoms with E-state index in [0.717, 1.165) is 17.0 Å². The zero-order chi connectivity index (χ0) is 21.1. The van der Waals surface area contributed by atoms with Gasteiger partial charge in [-0.1, -0.05) is 12.1 Å². The number of halogens is 1. The molecule has 1 amide bonds. The first-order valence-electron chi connectivity index (χ1n) is 9.34. The molecule has 0 aliphatic carbocycles. The van der Waals surface area contributed by atoms with E-state index in [1.807, 2.05) is 18.2 Å². The zero-order valence-electron chi connectivity index (χ0n) is 15.9. The number of likely N-dealkylation sites (tertiary alicyclic amines) is 1. The Hall–Kier alpha value is -3.75. The summed E-state index contributed by atoms with van der Waals surface area (Å²) in [6.45, 7) is -0.165. The fourth-order valence-corrected chi connectivity index (χ4v) is 3.29. The molecule has 9 heteroatoms. The quantitative estimate of drug-likeness (QED) is 0.647. The molecule has 1 aliphatic heterocycles. The minimum Gasteiger partial charge on any atom is -0.487 e. The Labute approximate surface area is 171 Å². The second kappa shape index (κ2) is 7.94. The molecular weight excluding hydrogens is 391 g/mol. The van der Waals surface area contributed by atoms with E-state index in [9.17, 15) is 14.0 Å². The summed E-state index contributed by atoms with van der Waals surface area (Å²) >= 11 is 0. The molecule has 1 fully saturated rings. The number of pyridine rings is 1. The molecule has 0 spiro atoms. The third-order valence-electron chi connectivity index (χ3n) is 4.98. The Morgan fingerprint density at radius 3 is 2.80 bits per heavy atom. The second-order valence-corrected chi connectivity index (χ2v) is 7.09. The van der Waals surface area contributed by atoms with Gasteiger partial charge in [-0.3, -0.25) is 14.9 Å². The first kappa shape index (κ1) is 19.6. The van der Waals surface area contributed by atoms with E-state index in [1.165, 1.54) is 4.90 Å². The number of aromatic nitrogens is 3. The summed E-state index contributed by atoms with van der Waals surface area (Å²) in [5, 5.41) is 15.7. The molecule has 154 valence electrons. The third-order valence-corrected chi connectivity index (χ3v) is 4.98. The van der Waals surface area contributed by atoms with Crippen LogP contribution in [0.5, 0.6) is 5.75 Å². The summed E-state index contributed by atoms with van der Waals surface area (Å²) < 4.78 is 20.0. The van der Waals surface area contributed by atoms with Gasteiger partial charge in [-0.2, -0.15) is 5.10 Å². The van der Waals surface area contributed by atoms with Crippen LogP contribution in [0.25, 0.3) is 11.4 Å². The first-order chi connectivity index (χ1) is 14.4. The van der Waals surface area contributed by atoms with Gasteiger partial charge in [0.25, 0.3) is 5.91 Å². The Morgan fingerprint density at radius 1 is 1.27 bits per heavy atom. The molecule has 1 aliphatic rings. The minimum atomic E-state index is -2.38. The molecule has 1 atom stereocenters. The number of ether oxygens (including phenoxy) is 1. The van der Waals surface area contributed by atoms with Crippen LogP contribution in [0, 0.1) is 0 Å². The van der Waals surface area contributed by atoms with E-state index in [0.29, 0.717) is 11.3 Å². The van der Waals surface area contributed by atoms with E-state index >= 15 is 0 Å². The van der Waals surface area contributed by atoms with Crippen LogP contribution in [0.2, 0.25) is 0 Å². The number of alkyl halides is 1. The number of nitrogens with one attached hydrogen (secondary N) is 1. The van der Waals surface area contributed by atoms with Gasteiger partial charge in [0, 0.05) is 24.7 Å². The van der Waals surface area contributed by atoms with Crippen LogP contribution in [0.3, 0.4) is 0 Å². The second-order valence-electron chi connectivity index (χ2n) is 7.09. The van der Waals surface area contributed by atoms with Crippen molar-refractivity contribution in [1.82, 2.24) is 20.1 Å². The lowest BCUT2D eigenvalue weighted by Gasteiger charge is -2.18. The van der Waals surface area contributed by atoms with Crippen molar-refractivity contribution in [3.05, 3.63) is 66.0 Å². The lowest BCUT2D eigenvalue weighted by molar-refractivity contribution is -0.149. The maximum atomic E-state index is 14.2. The minimum absolute atomic E-state index is 0.0662. The van der Waals surface area contributed by atoms with Crippen LogP contribution >= 0.6 is 0 Å². The summed E-state index contributed by atoms with van der Waals surface area (Å²) in [5.74, 6) is -1.37. The van der Waals surface area contributed by atoms with Crippen molar-refractivity contribution in [3.63, 3.8) is 0 Å². The average Bonchev–Trinajstić information content (AvgIpc) is 3.43. The monoisotopic (exact) mass is 410 g/mol. The number of rotatable bonds is 6. The lowest BCUT2D eigenvalue weighted by Crippen LogP contribution is -2.38. The van der Waals surface area contributed by atoms with E-state index in [-0.39, 0.29) is 19.6 Å². The summed E-state index contributed by atoms with van der Waals surface area (Å²) in [4.78, 5) is 29.2. The molecular formula is C21H19FN4O4. The molecule has 1 saturated heterocycles. The summed E-state index contributed by atoms with van der Waals surface area (Å²) in [6, 6.07) is 12.2. The molecule has 0 bridgehead atoms. The maximum absolute atomic E-state index is 14.2. The van der Waals surface area contributed by atoms with E-state index in [2.05, 4.69) is 15.2 Å². The van der Waals surface area contributed by atoms with Crippen molar-refractivity contribution >= 4 is 11.9 Å². The number of aliphatic carboxylic acids is 1. The molecule has 3 heterocycles. The molecule has 8 nitrogen and oxygen atoms in total. The molecule has 4 rings (SSSR count).